The van der Waals surface area contributed by atoms with Gasteiger partial charge in [-0.3, -0.25) is 4.79 Å². The maximum atomic E-state index is 14.0. The third-order valence-electron chi connectivity index (χ3n) is 2.83. The van der Waals surface area contributed by atoms with Crippen molar-refractivity contribution in [2.24, 2.45) is 0 Å². The van der Waals surface area contributed by atoms with Gasteiger partial charge in [-0.2, -0.15) is 0 Å². The summed E-state index contributed by atoms with van der Waals surface area (Å²) >= 11 is 0. The van der Waals surface area contributed by atoms with Gasteiger partial charge in [0, 0.05) is 5.56 Å². The van der Waals surface area contributed by atoms with Gasteiger partial charge in [0.2, 0.25) is 0 Å². The number of methoxy groups -OCH3 is 1. The summed E-state index contributed by atoms with van der Waals surface area (Å²) in [6.07, 6.45) is 0.0118. The molecule has 0 heterocycles. The summed E-state index contributed by atoms with van der Waals surface area (Å²) in [5.74, 6) is -0.721. The molecule has 0 saturated heterocycles. The van der Waals surface area contributed by atoms with Crippen molar-refractivity contribution in [1.82, 2.24) is 0 Å². The minimum absolute atomic E-state index is 0.0118. The van der Waals surface area contributed by atoms with E-state index in [1.165, 1.54) is 13.2 Å². The fourth-order valence-corrected chi connectivity index (χ4v) is 1.81. The Hall–Kier alpha value is -1.58. The lowest BCUT2D eigenvalue weighted by Crippen LogP contribution is -2.15. The number of benzene rings is 1. The molecule has 0 aliphatic carbocycles. The lowest BCUT2D eigenvalue weighted by atomic mass is 9.85. The van der Waals surface area contributed by atoms with E-state index in [0.717, 1.165) is 5.56 Å². The monoisotopic (exact) mass is 268 g/mol. The SMILES string of the molecule is CCOC(=O)Cc1cc(C(C)(C)C)cc(F)c1OC. The highest BCUT2D eigenvalue weighted by Crippen LogP contribution is 2.31. The topological polar surface area (TPSA) is 35.5 Å². The van der Waals surface area contributed by atoms with Gasteiger partial charge in [-0.1, -0.05) is 26.8 Å². The molecule has 106 valence electrons. The average Bonchev–Trinajstić information content (AvgIpc) is 2.27. The zero-order valence-corrected chi connectivity index (χ0v) is 12.2. The van der Waals surface area contributed by atoms with Crippen molar-refractivity contribution in [2.45, 2.75) is 39.5 Å². The van der Waals surface area contributed by atoms with Crippen molar-refractivity contribution in [1.29, 1.82) is 0 Å². The highest BCUT2D eigenvalue weighted by molar-refractivity contribution is 5.73. The van der Waals surface area contributed by atoms with Gasteiger partial charge >= 0.3 is 5.97 Å². The van der Waals surface area contributed by atoms with E-state index < -0.39 is 5.82 Å². The molecule has 0 radical (unpaired) electrons. The standard InChI is InChI=1S/C15H21FO3/c1-6-19-13(17)8-10-7-11(15(2,3)4)9-12(16)14(10)18-5/h7,9H,6,8H2,1-5H3. The van der Waals surface area contributed by atoms with Crippen LogP contribution in [0.15, 0.2) is 12.1 Å². The van der Waals surface area contributed by atoms with Crippen LogP contribution in [0.2, 0.25) is 0 Å². The predicted octanol–water partition coefficient (Wildman–Crippen LogP) is 3.24. The molecule has 3 nitrogen and oxygen atoms in total. The molecule has 0 amide bonds. The smallest absolute Gasteiger partial charge is 0.310 e. The summed E-state index contributed by atoms with van der Waals surface area (Å²) in [7, 11) is 1.39. The minimum Gasteiger partial charge on any atom is -0.493 e. The Bertz CT molecular complexity index is 461. The molecular weight excluding hydrogens is 247 g/mol. The summed E-state index contributed by atoms with van der Waals surface area (Å²) in [5, 5.41) is 0. The molecule has 0 bridgehead atoms. The second-order valence-corrected chi connectivity index (χ2v) is 5.38. The van der Waals surface area contributed by atoms with E-state index in [9.17, 15) is 9.18 Å². The summed E-state index contributed by atoms with van der Waals surface area (Å²) in [5.41, 5.74) is 1.15. The molecule has 1 aromatic rings. The predicted molar refractivity (Wildman–Crippen MR) is 72.0 cm³/mol. The molecule has 0 aliphatic heterocycles. The molecule has 4 heteroatoms. The Morgan fingerprint density at radius 2 is 1.95 bits per heavy atom. The van der Waals surface area contributed by atoms with Gasteiger partial charge in [-0.25, -0.2) is 4.39 Å². The van der Waals surface area contributed by atoms with Crippen LogP contribution >= 0.6 is 0 Å². The van der Waals surface area contributed by atoms with Crippen LogP contribution in [0.3, 0.4) is 0 Å². The number of halogens is 1. The Balaban J connectivity index is 3.19. The molecule has 0 saturated carbocycles. The summed E-state index contributed by atoms with van der Waals surface area (Å²) in [6, 6.07) is 3.26. The second-order valence-electron chi connectivity index (χ2n) is 5.38. The number of carbonyl (C=O) groups is 1. The van der Waals surface area contributed by atoms with Crippen LogP contribution in [-0.4, -0.2) is 19.7 Å². The maximum absolute atomic E-state index is 14.0. The Morgan fingerprint density at radius 3 is 2.42 bits per heavy atom. The molecule has 0 aromatic heterocycles. The lowest BCUT2D eigenvalue weighted by Gasteiger charge is -2.21. The average molecular weight is 268 g/mol. The third-order valence-corrected chi connectivity index (χ3v) is 2.83. The van der Waals surface area contributed by atoms with Crippen molar-refractivity contribution >= 4 is 5.97 Å². The van der Waals surface area contributed by atoms with E-state index in [2.05, 4.69) is 0 Å². The summed E-state index contributed by atoms with van der Waals surface area (Å²) in [4.78, 5) is 11.6. The van der Waals surface area contributed by atoms with Gasteiger partial charge in [0.05, 0.1) is 20.1 Å². The molecular formula is C15H21FO3. The molecule has 0 spiro atoms. The number of hydrogen-bond donors (Lipinski definition) is 0. The van der Waals surface area contributed by atoms with Gasteiger partial charge in [0.25, 0.3) is 0 Å². The van der Waals surface area contributed by atoms with Crippen molar-refractivity contribution in [2.75, 3.05) is 13.7 Å². The molecule has 0 atom stereocenters. The zero-order valence-electron chi connectivity index (χ0n) is 12.2. The molecule has 0 fully saturated rings. The van der Waals surface area contributed by atoms with Gasteiger partial charge in [0.15, 0.2) is 11.6 Å². The van der Waals surface area contributed by atoms with Crippen LogP contribution in [0.5, 0.6) is 5.75 Å². The Morgan fingerprint density at radius 1 is 1.32 bits per heavy atom. The number of esters is 1. The summed E-state index contributed by atoms with van der Waals surface area (Å²) < 4.78 is 23.9. The number of rotatable bonds is 4. The van der Waals surface area contributed by atoms with E-state index in [1.54, 1.807) is 13.0 Å². The van der Waals surface area contributed by atoms with Crippen molar-refractivity contribution in [3.8, 4) is 5.75 Å². The number of hydrogen-bond acceptors (Lipinski definition) is 3. The van der Waals surface area contributed by atoms with Crippen LogP contribution in [-0.2, 0) is 21.4 Å². The first-order valence-electron chi connectivity index (χ1n) is 6.32. The van der Waals surface area contributed by atoms with Crippen LogP contribution in [0.1, 0.15) is 38.8 Å². The number of ether oxygens (including phenoxy) is 2. The fraction of sp³-hybridized carbons (Fsp3) is 0.533. The first kappa shape index (κ1) is 15.5. The minimum atomic E-state index is -0.450. The van der Waals surface area contributed by atoms with Crippen molar-refractivity contribution < 1.29 is 18.7 Å². The van der Waals surface area contributed by atoms with Crippen molar-refractivity contribution in [3.05, 3.63) is 29.1 Å². The highest BCUT2D eigenvalue weighted by atomic mass is 19.1. The van der Waals surface area contributed by atoms with Crippen molar-refractivity contribution in [3.63, 3.8) is 0 Å². The van der Waals surface area contributed by atoms with E-state index in [-0.39, 0.29) is 23.6 Å². The third kappa shape index (κ3) is 3.94. The molecule has 1 aromatic carbocycles. The quantitative estimate of drug-likeness (QED) is 0.786. The molecule has 0 N–H and O–H groups in total. The Labute approximate surface area is 113 Å². The second kappa shape index (κ2) is 6.04. The lowest BCUT2D eigenvalue weighted by molar-refractivity contribution is -0.142. The molecule has 19 heavy (non-hydrogen) atoms. The van der Waals surface area contributed by atoms with Crippen LogP contribution in [0.4, 0.5) is 4.39 Å². The fourth-order valence-electron chi connectivity index (χ4n) is 1.81. The zero-order chi connectivity index (χ0) is 14.6. The molecule has 0 unspecified atom stereocenters. The van der Waals surface area contributed by atoms with Gasteiger partial charge in [0.1, 0.15) is 0 Å². The van der Waals surface area contributed by atoms with E-state index in [4.69, 9.17) is 9.47 Å². The first-order valence-corrected chi connectivity index (χ1v) is 6.32. The van der Waals surface area contributed by atoms with E-state index in [1.807, 2.05) is 20.8 Å². The van der Waals surface area contributed by atoms with E-state index in [0.29, 0.717) is 12.2 Å². The van der Waals surface area contributed by atoms with Gasteiger partial charge in [-0.05, 0) is 24.0 Å². The normalized spacial score (nSPS) is 11.3. The van der Waals surface area contributed by atoms with Crippen LogP contribution in [0.25, 0.3) is 0 Å². The largest absolute Gasteiger partial charge is 0.493 e. The van der Waals surface area contributed by atoms with Crippen LogP contribution in [0, 0.1) is 5.82 Å². The Kier molecular flexibility index (Phi) is 4.92. The molecule has 0 aliphatic rings. The highest BCUT2D eigenvalue weighted by Gasteiger charge is 2.21. The van der Waals surface area contributed by atoms with E-state index >= 15 is 0 Å². The van der Waals surface area contributed by atoms with Gasteiger partial charge < -0.3 is 9.47 Å². The van der Waals surface area contributed by atoms with Crippen LogP contribution < -0.4 is 4.74 Å². The number of carbonyl (C=O) groups excluding carboxylic acids is 1. The molecule has 1 rings (SSSR count). The first-order chi connectivity index (χ1) is 8.79. The summed E-state index contributed by atoms with van der Waals surface area (Å²) in [6.45, 7) is 8.01. The van der Waals surface area contributed by atoms with Gasteiger partial charge in [-0.15, -0.1) is 0 Å². The maximum Gasteiger partial charge on any atom is 0.310 e.